The van der Waals surface area contributed by atoms with Gasteiger partial charge in [0.2, 0.25) is 0 Å². The standard InChI is InChI=1S/C16H12FN3O5/c17-12-13(19-7-20-14(12)16(23)24)15(22)18-5-8-1-2-11-9(3-8)4-10(21)6-25-11/h1-3,7H,4-6H2,(H,18,22)(H,23,24). The average molecular weight is 345 g/mol. The smallest absolute Gasteiger partial charge is 0.357 e. The van der Waals surface area contributed by atoms with Crippen LogP contribution in [-0.4, -0.2) is 39.3 Å². The normalized spacial score (nSPS) is 12.9. The molecule has 128 valence electrons. The third-order valence-corrected chi connectivity index (χ3v) is 3.56. The molecule has 0 radical (unpaired) electrons. The fraction of sp³-hybridized carbons (Fsp3) is 0.188. The number of carbonyl (C=O) groups excluding carboxylic acids is 2. The minimum absolute atomic E-state index is 0.0436. The molecule has 1 aromatic heterocycles. The monoisotopic (exact) mass is 345 g/mol. The van der Waals surface area contributed by atoms with E-state index < -0.39 is 29.1 Å². The molecule has 1 aromatic carbocycles. The van der Waals surface area contributed by atoms with E-state index in [0.29, 0.717) is 16.9 Å². The van der Waals surface area contributed by atoms with E-state index >= 15 is 0 Å². The first-order valence-electron chi connectivity index (χ1n) is 7.24. The molecule has 0 spiro atoms. The molecule has 0 saturated heterocycles. The molecule has 3 rings (SSSR count). The van der Waals surface area contributed by atoms with Gasteiger partial charge >= 0.3 is 5.97 Å². The summed E-state index contributed by atoms with van der Waals surface area (Å²) in [7, 11) is 0. The number of fused-ring (bicyclic) bond motifs is 1. The van der Waals surface area contributed by atoms with Gasteiger partial charge in [-0.1, -0.05) is 6.07 Å². The SMILES string of the molecule is O=C1COc2ccc(CNC(=O)c3ncnc(C(=O)O)c3F)cc2C1. The number of amides is 1. The average Bonchev–Trinajstić information content (AvgIpc) is 2.59. The van der Waals surface area contributed by atoms with Gasteiger partial charge in [0.25, 0.3) is 5.91 Å². The van der Waals surface area contributed by atoms with Crippen molar-refractivity contribution in [2.45, 2.75) is 13.0 Å². The number of hydrogen-bond acceptors (Lipinski definition) is 6. The van der Waals surface area contributed by atoms with Crippen molar-refractivity contribution in [1.82, 2.24) is 15.3 Å². The lowest BCUT2D eigenvalue weighted by molar-refractivity contribution is -0.121. The maximum atomic E-state index is 13.9. The third kappa shape index (κ3) is 3.44. The number of rotatable bonds is 4. The molecule has 1 amide bonds. The number of nitrogens with zero attached hydrogens (tertiary/aromatic N) is 2. The maximum Gasteiger partial charge on any atom is 0.357 e. The lowest BCUT2D eigenvalue weighted by Gasteiger charge is -2.17. The predicted molar refractivity (Wildman–Crippen MR) is 80.8 cm³/mol. The molecule has 0 unspecified atom stereocenters. The first-order chi connectivity index (χ1) is 12.0. The molecule has 9 heteroatoms. The van der Waals surface area contributed by atoms with E-state index in [9.17, 15) is 18.8 Å². The van der Waals surface area contributed by atoms with Crippen molar-refractivity contribution in [3.8, 4) is 5.75 Å². The van der Waals surface area contributed by atoms with E-state index in [1.54, 1.807) is 18.2 Å². The van der Waals surface area contributed by atoms with Crippen molar-refractivity contribution in [3.05, 3.63) is 52.9 Å². The number of benzene rings is 1. The number of ether oxygens (including phenoxy) is 1. The zero-order valence-corrected chi connectivity index (χ0v) is 12.8. The number of aromatic nitrogens is 2. The Morgan fingerprint density at radius 1 is 1.28 bits per heavy atom. The molecular weight excluding hydrogens is 333 g/mol. The molecule has 2 heterocycles. The number of halogens is 1. The highest BCUT2D eigenvalue weighted by Gasteiger charge is 2.22. The van der Waals surface area contributed by atoms with Crippen LogP contribution in [0.2, 0.25) is 0 Å². The molecule has 1 aliphatic heterocycles. The van der Waals surface area contributed by atoms with Crippen LogP contribution in [0.15, 0.2) is 24.5 Å². The molecule has 8 nitrogen and oxygen atoms in total. The van der Waals surface area contributed by atoms with Crippen molar-refractivity contribution in [1.29, 1.82) is 0 Å². The Morgan fingerprint density at radius 2 is 2.04 bits per heavy atom. The molecule has 2 aromatic rings. The number of nitrogens with one attached hydrogen (secondary N) is 1. The fourth-order valence-electron chi connectivity index (χ4n) is 2.39. The number of aromatic carboxylic acids is 1. The van der Waals surface area contributed by atoms with Gasteiger partial charge in [-0.05, 0) is 17.7 Å². The maximum absolute atomic E-state index is 13.9. The first-order valence-corrected chi connectivity index (χ1v) is 7.24. The van der Waals surface area contributed by atoms with Gasteiger partial charge in [-0.15, -0.1) is 0 Å². The number of carboxylic acid groups (broad SMARTS) is 1. The summed E-state index contributed by atoms with van der Waals surface area (Å²) in [5, 5.41) is 11.3. The van der Waals surface area contributed by atoms with Crippen LogP contribution >= 0.6 is 0 Å². The highest BCUT2D eigenvalue weighted by atomic mass is 19.1. The van der Waals surface area contributed by atoms with Gasteiger partial charge in [-0.3, -0.25) is 9.59 Å². The van der Waals surface area contributed by atoms with Crippen LogP contribution < -0.4 is 10.1 Å². The van der Waals surface area contributed by atoms with Crippen LogP contribution in [0, 0.1) is 5.82 Å². The molecule has 25 heavy (non-hydrogen) atoms. The number of Topliss-reactive ketones (excluding diaryl/α,β-unsaturated/α-hetero) is 1. The molecule has 0 saturated carbocycles. The van der Waals surface area contributed by atoms with Crippen LogP contribution in [0.1, 0.15) is 32.1 Å². The number of carboxylic acids is 1. The summed E-state index contributed by atoms with van der Waals surface area (Å²) >= 11 is 0. The summed E-state index contributed by atoms with van der Waals surface area (Å²) in [6, 6.07) is 5.11. The van der Waals surface area contributed by atoms with Crippen LogP contribution in [0.4, 0.5) is 4.39 Å². The Hall–Kier alpha value is -3.36. The Kier molecular flexibility index (Phi) is 4.38. The second-order valence-corrected chi connectivity index (χ2v) is 5.32. The van der Waals surface area contributed by atoms with Crippen molar-refractivity contribution < 1.29 is 28.6 Å². The van der Waals surface area contributed by atoms with Gasteiger partial charge in [-0.2, -0.15) is 0 Å². The van der Waals surface area contributed by atoms with E-state index in [1.165, 1.54) is 0 Å². The Morgan fingerprint density at radius 3 is 2.80 bits per heavy atom. The van der Waals surface area contributed by atoms with E-state index in [2.05, 4.69) is 15.3 Å². The Bertz CT molecular complexity index is 884. The van der Waals surface area contributed by atoms with Crippen LogP contribution in [0.3, 0.4) is 0 Å². The topological polar surface area (TPSA) is 118 Å². The molecule has 0 aliphatic carbocycles. The molecule has 0 fully saturated rings. The summed E-state index contributed by atoms with van der Waals surface area (Å²) in [6.45, 7) is 0.0914. The Balaban J connectivity index is 1.73. The summed E-state index contributed by atoms with van der Waals surface area (Å²) < 4.78 is 19.2. The molecule has 0 bridgehead atoms. The molecule has 1 aliphatic rings. The highest BCUT2D eigenvalue weighted by molar-refractivity contribution is 5.95. The van der Waals surface area contributed by atoms with E-state index in [1.807, 2.05) is 0 Å². The van der Waals surface area contributed by atoms with Crippen LogP contribution in [0.25, 0.3) is 0 Å². The van der Waals surface area contributed by atoms with E-state index in [-0.39, 0.29) is 25.4 Å². The summed E-state index contributed by atoms with van der Waals surface area (Å²) in [4.78, 5) is 41.1. The second kappa shape index (κ2) is 6.63. The van der Waals surface area contributed by atoms with Crippen molar-refractivity contribution >= 4 is 17.7 Å². The minimum atomic E-state index is -1.59. The Labute approximate surface area is 140 Å². The van der Waals surface area contributed by atoms with Crippen LogP contribution in [0.5, 0.6) is 5.75 Å². The lowest BCUT2D eigenvalue weighted by atomic mass is 10.0. The molecule has 0 atom stereocenters. The molecular formula is C16H12FN3O5. The largest absolute Gasteiger partial charge is 0.486 e. The van der Waals surface area contributed by atoms with Crippen molar-refractivity contribution in [3.63, 3.8) is 0 Å². The van der Waals surface area contributed by atoms with Gasteiger partial charge in [0.1, 0.15) is 18.7 Å². The first kappa shape index (κ1) is 16.5. The fourth-order valence-corrected chi connectivity index (χ4v) is 2.39. The highest BCUT2D eigenvalue weighted by Crippen LogP contribution is 2.24. The number of ketones is 1. The van der Waals surface area contributed by atoms with Gasteiger partial charge in [0.05, 0.1) is 0 Å². The van der Waals surface area contributed by atoms with E-state index in [4.69, 9.17) is 9.84 Å². The number of carbonyl (C=O) groups is 3. The predicted octanol–water partition coefficient (Wildman–Crippen LogP) is 0.748. The minimum Gasteiger partial charge on any atom is -0.486 e. The molecule has 2 N–H and O–H groups in total. The van der Waals surface area contributed by atoms with Gasteiger partial charge in [0.15, 0.2) is 23.0 Å². The zero-order chi connectivity index (χ0) is 18.0. The summed E-state index contributed by atoms with van der Waals surface area (Å²) in [5.41, 5.74) is -0.129. The zero-order valence-electron chi connectivity index (χ0n) is 12.8. The van der Waals surface area contributed by atoms with Gasteiger partial charge in [-0.25, -0.2) is 19.2 Å². The summed E-state index contributed by atoms with van der Waals surface area (Å²) in [6.07, 6.45) is 1.06. The van der Waals surface area contributed by atoms with Crippen molar-refractivity contribution in [2.24, 2.45) is 0 Å². The quantitative estimate of drug-likeness (QED) is 0.839. The van der Waals surface area contributed by atoms with Gasteiger partial charge < -0.3 is 15.2 Å². The lowest BCUT2D eigenvalue weighted by Crippen LogP contribution is -2.26. The van der Waals surface area contributed by atoms with Crippen molar-refractivity contribution in [2.75, 3.05) is 6.61 Å². The van der Waals surface area contributed by atoms with Crippen LogP contribution in [-0.2, 0) is 17.8 Å². The number of hydrogen-bond donors (Lipinski definition) is 2. The van der Waals surface area contributed by atoms with Gasteiger partial charge in [0, 0.05) is 18.5 Å². The third-order valence-electron chi connectivity index (χ3n) is 3.56. The van der Waals surface area contributed by atoms with E-state index in [0.717, 1.165) is 6.33 Å². The summed E-state index contributed by atoms with van der Waals surface area (Å²) in [5.74, 6) is -3.18. The second-order valence-electron chi connectivity index (χ2n) is 5.32.